The number of carbonyl (C=O) groups is 3. The first kappa shape index (κ1) is 30.1. The highest BCUT2D eigenvalue weighted by molar-refractivity contribution is 6.30. The summed E-state index contributed by atoms with van der Waals surface area (Å²) in [7, 11) is 0. The lowest BCUT2D eigenvalue weighted by Gasteiger charge is -2.43. The number of carbonyl (C=O) groups excluding carboxylic acids is 3. The Morgan fingerprint density at radius 2 is 1.61 bits per heavy atom. The Labute approximate surface area is 247 Å². The Balaban J connectivity index is 1.48. The highest BCUT2D eigenvalue weighted by atomic mass is 35.5. The third-order valence-corrected chi connectivity index (χ3v) is 7.81. The number of para-hydroxylation sites is 1. The van der Waals surface area contributed by atoms with E-state index in [1.165, 1.54) is 0 Å². The summed E-state index contributed by atoms with van der Waals surface area (Å²) in [6.45, 7) is 9.38. The molecule has 3 amide bonds. The first-order valence-electron chi connectivity index (χ1n) is 14.2. The van der Waals surface area contributed by atoms with Crippen molar-refractivity contribution in [2.75, 3.05) is 29.5 Å². The van der Waals surface area contributed by atoms with Crippen LogP contribution in [0.2, 0.25) is 5.02 Å². The van der Waals surface area contributed by atoms with Crippen molar-refractivity contribution in [3.05, 3.63) is 88.9 Å². The van der Waals surface area contributed by atoms with Gasteiger partial charge < -0.3 is 19.4 Å². The number of halogens is 1. The molecule has 4 rings (SSSR count). The van der Waals surface area contributed by atoms with Gasteiger partial charge in [-0.1, -0.05) is 29.8 Å². The van der Waals surface area contributed by atoms with Crippen molar-refractivity contribution in [2.24, 2.45) is 0 Å². The van der Waals surface area contributed by atoms with Crippen LogP contribution in [0.4, 0.5) is 11.4 Å². The molecule has 0 N–H and O–H groups in total. The highest BCUT2D eigenvalue weighted by Crippen LogP contribution is 2.43. The molecule has 1 aliphatic heterocycles. The van der Waals surface area contributed by atoms with Crippen molar-refractivity contribution in [3.8, 4) is 5.75 Å². The van der Waals surface area contributed by atoms with Crippen LogP contribution in [0, 0.1) is 0 Å². The van der Waals surface area contributed by atoms with Crippen molar-refractivity contribution < 1.29 is 19.1 Å². The summed E-state index contributed by atoms with van der Waals surface area (Å²) in [4.78, 5) is 44.3. The zero-order valence-electron chi connectivity index (χ0n) is 24.2. The molecule has 0 aromatic heterocycles. The summed E-state index contributed by atoms with van der Waals surface area (Å²) < 4.78 is 5.83. The Morgan fingerprint density at radius 3 is 2.24 bits per heavy atom. The van der Waals surface area contributed by atoms with Crippen LogP contribution in [-0.2, 0) is 9.59 Å². The summed E-state index contributed by atoms with van der Waals surface area (Å²) in [5, 5.41) is 0.605. The molecule has 0 aliphatic carbocycles. The second-order valence-corrected chi connectivity index (χ2v) is 10.7. The summed E-state index contributed by atoms with van der Waals surface area (Å²) in [6, 6.07) is 21.8. The summed E-state index contributed by atoms with van der Waals surface area (Å²) in [5.74, 6) is 0.606. The Morgan fingerprint density at radius 1 is 0.951 bits per heavy atom. The van der Waals surface area contributed by atoms with Crippen LogP contribution in [0.15, 0.2) is 72.8 Å². The third-order valence-electron chi connectivity index (χ3n) is 7.56. The molecule has 0 bridgehead atoms. The van der Waals surface area contributed by atoms with Gasteiger partial charge in [-0.05, 0) is 93.8 Å². The fourth-order valence-electron chi connectivity index (χ4n) is 5.50. The van der Waals surface area contributed by atoms with Gasteiger partial charge in [-0.3, -0.25) is 14.4 Å². The van der Waals surface area contributed by atoms with E-state index in [1.54, 1.807) is 48.2 Å². The van der Waals surface area contributed by atoms with Crippen LogP contribution in [0.3, 0.4) is 0 Å². The number of amides is 3. The lowest BCUT2D eigenvalue weighted by Crippen LogP contribution is -2.47. The van der Waals surface area contributed by atoms with E-state index < -0.39 is 0 Å². The van der Waals surface area contributed by atoms with Gasteiger partial charge in [-0.15, -0.1) is 0 Å². The molecule has 0 saturated carbocycles. The van der Waals surface area contributed by atoms with Crippen LogP contribution in [0.5, 0.6) is 5.75 Å². The minimum Gasteiger partial charge on any atom is -0.494 e. The van der Waals surface area contributed by atoms with Crippen LogP contribution >= 0.6 is 11.6 Å². The largest absolute Gasteiger partial charge is 0.494 e. The van der Waals surface area contributed by atoms with Crippen LogP contribution in [0.25, 0.3) is 0 Å². The smallest absolute Gasteiger partial charge is 0.258 e. The molecule has 0 fully saturated rings. The number of hydrogen-bond donors (Lipinski definition) is 0. The minimum atomic E-state index is -0.228. The van der Waals surface area contributed by atoms with E-state index in [0.29, 0.717) is 55.3 Å². The number of hydrogen-bond acceptors (Lipinski definition) is 4. The third kappa shape index (κ3) is 6.91. The molecule has 0 radical (unpaired) electrons. The van der Waals surface area contributed by atoms with Crippen LogP contribution in [0.1, 0.15) is 68.9 Å². The van der Waals surface area contributed by atoms with Crippen molar-refractivity contribution >= 4 is 40.7 Å². The molecule has 0 saturated heterocycles. The fraction of sp³-hybridized carbons (Fsp3) is 0.364. The number of rotatable bonds is 10. The predicted octanol–water partition coefficient (Wildman–Crippen LogP) is 6.90. The molecule has 0 spiro atoms. The van der Waals surface area contributed by atoms with Gasteiger partial charge in [-0.25, -0.2) is 0 Å². The van der Waals surface area contributed by atoms with Crippen LogP contribution < -0.4 is 14.5 Å². The molecule has 1 heterocycles. The highest BCUT2D eigenvalue weighted by Gasteiger charge is 2.38. The maximum absolute atomic E-state index is 13.8. The first-order valence-corrected chi connectivity index (χ1v) is 14.6. The lowest BCUT2D eigenvalue weighted by atomic mass is 9.89. The first-order chi connectivity index (χ1) is 19.7. The maximum Gasteiger partial charge on any atom is 0.258 e. The molecule has 1 aliphatic rings. The van der Waals surface area contributed by atoms with E-state index in [9.17, 15) is 14.4 Å². The Bertz CT molecular complexity index is 1360. The van der Waals surface area contributed by atoms with Gasteiger partial charge >= 0.3 is 0 Å². The predicted molar refractivity (Wildman–Crippen MR) is 164 cm³/mol. The van der Waals surface area contributed by atoms with Gasteiger partial charge in [0.05, 0.1) is 12.6 Å². The average molecular weight is 576 g/mol. The van der Waals surface area contributed by atoms with E-state index in [2.05, 4.69) is 0 Å². The molecule has 7 nitrogen and oxygen atoms in total. The molecular formula is C33H38ClN3O4. The van der Waals surface area contributed by atoms with E-state index in [1.807, 2.05) is 67.0 Å². The molecule has 2 atom stereocenters. The van der Waals surface area contributed by atoms with Crippen molar-refractivity contribution in [2.45, 2.75) is 59.0 Å². The monoisotopic (exact) mass is 575 g/mol. The average Bonchev–Trinajstić information content (AvgIpc) is 2.97. The van der Waals surface area contributed by atoms with E-state index in [0.717, 1.165) is 16.9 Å². The maximum atomic E-state index is 13.8. The number of benzene rings is 3. The number of ether oxygens (including phenoxy) is 1. The minimum absolute atomic E-state index is 0.0767. The normalized spacial score (nSPS) is 16.1. The molecule has 41 heavy (non-hydrogen) atoms. The molecule has 3 aromatic carbocycles. The van der Waals surface area contributed by atoms with E-state index in [-0.39, 0.29) is 29.8 Å². The number of nitrogens with zero attached hydrogens (tertiary/aromatic N) is 3. The van der Waals surface area contributed by atoms with E-state index >= 15 is 0 Å². The molecule has 3 aromatic rings. The topological polar surface area (TPSA) is 70.2 Å². The molecule has 8 heteroatoms. The van der Waals surface area contributed by atoms with Crippen molar-refractivity contribution in [3.63, 3.8) is 0 Å². The van der Waals surface area contributed by atoms with Crippen molar-refractivity contribution in [1.29, 1.82) is 0 Å². The van der Waals surface area contributed by atoms with Crippen molar-refractivity contribution in [1.82, 2.24) is 4.90 Å². The number of anilines is 2. The quantitative estimate of drug-likeness (QED) is 0.247. The standard InChI is InChI=1S/C33H38ClN3O4/c1-5-35(6-2)32(39)12-9-21-41-28-19-13-25(14-20-28)33(40)36-23(3)22-31(29-10-7-8-11-30(29)36)37(24(4)38)27-17-15-26(34)16-18-27/h7-8,10-11,13-20,23,31H,5-6,9,12,21-22H2,1-4H3/t23-,31+/m0/s1. The molecular weight excluding hydrogens is 538 g/mol. The van der Waals surface area contributed by atoms with E-state index in [4.69, 9.17) is 16.3 Å². The number of fused-ring (bicyclic) bond motifs is 1. The zero-order chi connectivity index (χ0) is 29.5. The Kier molecular flexibility index (Phi) is 10.1. The zero-order valence-corrected chi connectivity index (χ0v) is 24.9. The molecule has 0 unspecified atom stereocenters. The van der Waals surface area contributed by atoms with Gasteiger partial charge in [0.1, 0.15) is 5.75 Å². The van der Waals surface area contributed by atoms with Gasteiger partial charge in [0.25, 0.3) is 5.91 Å². The molecule has 216 valence electrons. The summed E-state index contributed by atoms with van der Waals surface area (Å²) >= 11 is 6.10. The second kappa shape index (κ2) is 13.7. The summed E-state index contributed by atoms with van der Waals surface area (Å²) in [5.41, 5.74) is 3.03. The van der Waals surface area contributed by atoms with Gasteiger partial charge in [0.2, 0.25) is 11.8 Å². The fourth-order valence-corrected chi connectivity index (χ4v) is 5.63. The van der Waals surface area contributed by atoms with Gasteiger partial charge in [-0.2, -0.15) is 0 Å². The second-order valence-electron chi connectivity index (χ2n) is 10.2. The van der Waals surface area contributed by atoms with Gasteiger partial charge in [0.15, 0.2) is 0 Å². The Hall–Kier alpha value is -3.84. The lowest BCUT2D eigenvalue weighted by molar-refractivity contribution is -0.131. The van der Waals surface area contributed by atoms with Crippen LogP contribution in [-0.4, -0.2) is 48.4 Å². The van der Waals surface area contributed by atoms with Gasteiger partial charge in [0, 0.05) is 54.4 Å². The summed E-state index contributed by atoms with van der Waals surface area (Å²) in [6.07, 6.45) is 1.66. The SMILES string of the molecule is CCN(CC)C(=O)CCCOc1ccc(C(=O)N2c3ccccc3[C@H](N(C(C)=O)c3ccc(Cl)cc3)C[C@@H]2C)cc1.